The maximum atomic E-state index is 13.4. The first-order valence-corrected chi connectivity index (χ1v) is 11.6. The molecule has 0 radical (unpaired) electrons. The summed E-state index contributed by atoms with van der Waals surface area (Å²) in [5, 5.41) is 7.71. The van der Waals surface area contributed by atoms with Gasteiger partial charge >= 0.3 is 0 Å². The fraction of sp³-hybridized carbons (Fsp3) is 0.440. The average Bonchev–Trinajstić information content (AvgIpc) is 3.45. The molecule has 4 rings (SSSR count). The third-order valence-electron chi connectivity index (χ3n) is 6.31. The van der Waals surface area contributed by atoms with Crippen LogP contribution >= 0.6 is 0 Å². The number of piperidine rings is 1. The highest BCUT2D eigenvalue weighted by Gasteiger charge is 2.24. The second-order valence-corrected chi connectivity index (χ2v) is 8.47. The van der Waals surface area contributed by atoms with Crippen LogP contribution in [-0.2, 0) is 0 Å². The molecule has 2 aromatic heterocycles. The van der Waals surface area contributed by atoms with Gasteiger partial charge in [-0.25, -0.2) is 9.07 Å². The van der Waals surface area contributed by atoms with Gasteiger partial charge in [0.1, 0.15) is 11.4 Å². The zero-order valence-corrected chi connectivity index (χ0v) is 18.9. The molecule has 1 aliphatic rings. The third kappa shape index (κ3) is 4.78. The van der Waals surface area contributed by atoms with Crippen molar-refractivity contribution in [2.75, 3.05) is 19.6 Å². The number of likely N-dealkylation sites (tertiary alicyclic amines) is 1. The molecule has 32 heavy (non-hydrogen) atoms. The van der Waals surface area contributed by atoms with E-state index in [1.165, 1.54) is 37.8 Å². The predicted octanol–water partition coefficient (Wildman–Crippen LogP) is 4.49. The smallest absolute Gasteiger partial charge is 0.256 e. The number of aromatic nitrogens is 3. The monoisotopic (exact) mass is 437 g/mol. The van der Waals surface area contributed by atoms with Crippen molar-refractivity contribution in [3.8, 4) is 11.5 Å². The van der Waals surface area contributed by atoms with E-state index in [2.05, 4.69) is 22.2 Å². The van der Waals surface area contributed by atoms with Gasteiger partial charge in [0.25, 0.3) is 5.91 Å². The van der Waals surface area contributed by atoms with E-state index in [9.17, 15) is 9.18 Å². The van der Waals surface area contributed by atoms with Crippen LogP contribution in [0.4, 0.5) is 4.39 Å². The molecule has 0 aliphatic carbocycles. The lowest BCUT2D eigenvalue weighted by atomic mass is 10.00. The molecule has 1 atom stereocenters. The zero-order valence-electron chi connectivity index (χ0n) is 18.9. The fourth-order valence-corrected chi connectivity index (χ4v) is 4.65. The van der Waals surface area contributed by atoms with Crippen LogP contribution in [0.25, 0.3) is 11.5 Å². The lowest BCUT2D eigenvalue weighted by molar-refractivity contribution is 0.0946. The second-order valence-electron chi connectivity index (χ2n) is 8.47. The molecule has 0 unspecified atom stereocenters. The molecule has 3 aromatic rings. The fourth-order valence-electron chi connectivity index (χ4n) is 4.65. The summed E-state index contributed by atoms with van der Waals surface area (Å²) >= 11 is 0. The number of halogens is 1. The van der Waals surface area contributed by atoms with E-state index in [-0.39, 0.29) is 11.7 Å². The Morgan fingerprint density at radius 2 is 1.94 bits per heavy atom. The van der Waals surface area contributed by atoms with Crippen LogP contribution in [0.1, 0.15) is 55.1 Å². The molecule has 1 N–H and O–H groups in total. The van der Waals surface area contributed by atoms with Gasteiger partial charge < -0.3 is 14.8 Å². The lowest BCUT2D eigenvalue weighted by Gasteiger charge is -2.35. The summed E-state index contributed by atoms with van der Waals surface area (Å²) in [5.74, 6) is 0.209. The molecule has 1 saturated heterocycles. The second kappa shape index (κ2) is 10.1. The molecule has 3 heterocycles. The molecular formula is C25H32FN5O. The minimum atomic E-state index is -0.308. The number of hydrogen-bond acceptors (Lipinski definition) is 3. The molecule has 1 amide bonds. The highest BCUT2D eigenvalue weighted by Crippen LogP contribution is 2.23. The molecule has 0 bridgehead atoms. The van der Waals surface area contributed by atoms with Crippen molar-refractivity contribution < 1.29 is 9.18 Å². The van der Waals surface area contributed by atoms with Crippen molar-refractivity contribution >= 4 is 5.91 Å². The van der Waals surface area contributed by atoms with Gasteiger partial charge in [-0.15, -0.1) is 0 Å². The maximum Gasteiger partial charge on any atom is 0.256 e. The van der Waals surface area contributed by atoms with Gasteiger partial charge in [0.05, 0.1) is 11.4 Å². The van der Waals surface area contributed by atoms with Gasteiger partial charge in [0.15, 0.2) is 5.82 Å². The SMILES string of the molecule is CC[C@@H]1CCCCN1CCCNC(=O)c1c(C)nn(-c2ccc(F)cc2)c1-n1cccc1. The number of nitrogens with zero attached hydrogens (tertiary/aromatic N) is 4. The Balaban J connectivity index is 1.50. The Morgan fingerprint density at radius 3 is 2.66 bits per heavy atom. The number of rotatable bonds is 8. The topological polar surface area (TPSA) is 55.1 Å². The largest absolute Gasteiger partial charge is 0.352 e. The predicted molar refractivity (Wildman–Crippen MR) is 124 cm³/mol. The number of carbonyl (C=O) groups excluding carboxylic acids is 1. The maximum absolute atomic E-state index is 13.4. The first-order chi connectivity index (χ1) is 15.6. The van der Waals surface area contributed by atoms with E-state index in [0.717, 1.165) is 19.5 Å². The minimum Gasteiger partial charge on any atom is -0.352 e. The number of nitrogens with one attached hydrogen (secondary N) is 1. The van der Waals surface area contributed by atoms with Crippen molar-refractivity contribution in [2.45, 2.75) is 52.0 Å². The molecule has 1 aliphatic heterocycles. The van der Waals surface area contributed by atoms with Crippen LogP contribution in [0.15, 0.2) is 48.8 Å². The van der Waals surface area contributed by atoms with E-state index in [4.69, 9.17) is 0 Å². The first-order valence-electron chi connectivity index (χ1n) is 11.6. The van der Waals surface area contributed by atoms with Gasteiger partial charge in [0.2, 0.25) is 0 Å². The summed E-state index contributed by atoms with van der Waals surface area (Å²) in [6.07, 6.45) is 9.75. The standard InChI is InChI=1S/C25H32FN5O/c1-3-21-9-4-5-15-29(21)18-8-14-27-24(32)23-19(2)28-31(22-12-10-20(26)11-13-22)25(23)30-16-6-7-17-30/h6-7,10-13,16-17,21H,3-5,8-9,14-15,18H2,1-2H3,(H,27,32)/t21-/m1/s1. The summed E-state index contributed by atoms with van der Waals surface area (Å²) < 4.78 is 17.0. The Bertz CT molecular complexity index is 1030. The van der Waals surface area contributed by atoms with Crippen molar-refractivity contribution in [1.82, 2.24) is 24.6 Å². The van der Waals surface area contributed by atoms with Crippen LogP contribution in [0.5, 0.6) is 0 Å². The van der Waals surface area contributed by atoms with E-state index in [0.29, 0.717) is 35.3 Å². The molecule has 1 aromatic carbocycles. The molecule has 6 nitrogen and oxygen atoms in total. The quantitative estimate of drug-likeness (QED) is 0.528. The summed E-state index contributed by atoms with van der Waals surface area (Å²) in [6.45, 7) is 6.89. The van der Waals surface area contributed by atoms with E-state index >= 15 is 0 Å². The van der Waals surface area contributed by atoms with Crippen molar-refractivity contribution in [3.05, 3.63) is 65.9 Å². The highest BCUT2D eigenvalue weighted by molar-refractivity contribution is 5.98. The molecule has 0 saturated carbocycles. The number of aryl methyl sites for hydroxylation is 1. The molecule has 7 heteroatoms. The van der Waals surface area contributed by atoms with Crippen LogP contribution in [0.3, 0.4) is 0 Å². The molecule has 1 fully saturated rings. The van der Waals surface area contributed by atoms with Gasteiger partial charge in [-0.3, -0.25) is 4.79 Å². The highest BCUT2D eigenvalue weighted by atomic mass is 19.1. The lowest BCUT2D eigenvalue weighted by Crippen LogP contribution is -2.40. The molecular weight excluding hydrogens is 405 g/mol. The number of hydrogen-bond donors (Lipinski definition) is 1. The zero-order chi connectivity index (χ0) is 22.5. The van der Waals surface area contributed by atoms with Crippen LogP contribution < -0.4 is 5.32 Å². The van der Waals surface area contributed by atoms with Gasteiger partial charge in [-0.2, -0.15) is 5.10 Å². The van der Waals surface area contributed by atoms with Crippen LogP contribution in [0, 0.1) is 12.7 Å². The Labute approximate surface area is 189 Å². The Kier molecular flexibility index (Phi) is 7.05. The Morgan fingerprint density at radius 1 is 1.19 bits per heavy atom. The number of carbonyl (C=O) groups is 1. The van der Waals surface area contributed by atoms with Gasteiger partial charge in [0, 0.05) is 31.5 Å². The number of benzene rings is 1. The minimum absolute atomic E-state index is 0.134. The van der Waals surface area contributed by atoms with Crippen LogP contribution in [0.2, 0.25) is 0 Å². The van der Waals surface area contributed by atoms with E-state index < -0.39 is 0 Å². The van der Waals surface area contributed by atoms with Crippen molar-refractivity contribution in [1.29, 1.82) is 0 Å². The third-order valence-corrected chi connectivity index (χ3v) is 6.31. The molecule has 170 valence electrons. The average molecular weight is 438 g/mol. The summed E-state index contributed by atoms with van der Waals surface area (Å²) in [5.41, 5.74) is 1.88. The summed E-state index contributed by atoms with van der Waals surface area (Å²) in [7, 11) is 0. The summed E-state index contributed by atoms with van der Waals surface area (Å²) in [6, 6.07) is 10.6. The van der Waals surface area contributed by atoms with Gasteiger partial charge in [-0.05, 0) is 75.5 Å². The Hall–Kier alpha value is -2.93. The summed E-state index contributed by atoms with van der Waals surface area (Å²) in [4.78, 5) is 15.8. The van der Waals surface area contributed by atoms with E-state index in [1.807, 2.05) is 36.0 Å². The normalized spacial score (nSPS) is 16.9. The number of amides is 1. The van der Waals surface area contributed by atoms with Crippen molar-refractivity contribution in [2.24, 2.45) is 0 Å². The molecule has 0 spiro atoms. The van der Waals surface area contributed by atoms with Crippen molar-refractivity contribution in [3.63, 3.8) is 0 Å². The van der Waals surface area contributed by atoms with Gasteiger partial charge in [-0.1, -0.05) is 13.3 Å². The first kappa shape index (κ1) is 22.3. The van der Waals surface area contributed by atoms with E-state index in [1.54, 1.807) is 16.8 Å². The van der Waals surface area contributed by atoms with Crippen LogP contribution in [-0.4, -0.2) is 50.8 Å².